The van der Waals surface area contributed by atoms with Crippen LogP contribution in [-0.2, 0) is 6.61 Å². The molecule has 0 radical (unpaired) electrons. The molecule has 6 heteroatoms. The second kappa shape index (κ2) is 6.01. The summed E-state index contributed by atoms with van der Waals surface area (Å²) in [5.41, 5.74) is 1.08. The summed E-state index contributed by atoms with van der Waals surface area (Å²) >= 11 is 0. The molecule has 0 aliphatic carbocycles. The SMILES string of the molecule is Cc1ccc([N+](=O)[O-])c(OCc2cc(C#N)ccc2F)c1. The fourth-order valence-corrected chi connectivity index (χ4v) is 1.80. The van der Waals surface area contributed by atoms with Gasteiger partial charge in [0, 0.05) is 11.6 Å². The normalized spacial score (nSPS) is 9.95. The van der Waals surface area contributed by atoms with Crippen molar-refractivity contribution in [3.05, 3.63) is 69.0 Å². The smallest absolute Gasteiger partial charge is 0.310 e. The number of nitrogens with zero attached hydrogens (tertiary/aromatic N) is 2. The zero-order valence-electron chi connectivity index (χ0n) is 11.2. The first-order valence-corrected chi connectivity index (χ1v) is 6.07. The first kappa shape index (κ1) is 14.5. The fourth-order valence-electron chi connectivity index (χ4n) is 1.80. The zero-order chi connectivity index (χ0) is 15.4. The number of hydrogen-bond donors (Lipinski definition) is 0. The molecule has 106 valence electrons. The Hall–Kier alpha value is -2.94. The van der Waals surface area contributed by atoms with Gasteiger partial charge in [-0.2, -0.15) is 5.26 Å². The van der Waals surface area contributed by atoms with Crippen LogP contribution in [0.4, 0.5) is 10.1 Å². The molecular formula is C15H11FN2O3. The molecule has 0 atom stereocenters. The van der Waals surface area contributed by atoms with Crippen LogP contribution in [0, 0.1) is 34.2 Å². The standard InChI is InChI=1S/C15H11FN2O3/c1-10-2-5-14(18(19)20)15(6-10)21-9-12-7-11(8-17)3-4-13(12)16/h2-7H,9H2,1H3. The largest absolute Gasteiger partial charge is 0.482 e. The van der Waals surface area contributed by atoms with E-state index >= 15 is 0 Å². The topological polar surface area (TPSA) is 76.2 Å². The number of benzene rings is 2. The lowest BCUT2D eigenvalue weighted by atomic mass is 10.1. The summed E-state index contributed by atoms with van der Waals surface area (Å²) < 4.78 is 19.0. The highest BCUT2D eigenvalue weighted by molar-refractivity contribution is 5.48. The Labute approximate surface area is 120 Å². The second-order valence-corrected chi connectivity index (χ2v) is 4.43. The summed E-state index contributed by atoms with van der Waals surface area (Å²) in [6.45, 7) is 1.58. The molecule has 0 saturated carbocycles. The third-order valence-corrected chi connectivity index (χ3v) is 2.87. The molecule has 2 aromatic carbocycles. The van der Waals surface area contributed by atoms with E-state index in [1.807, 2.05) is 6.07 Å². The average molecular weight is 286 g/mol. The fraction of sp³-hybridized carbons (Fsp3) is 0.133. The summed E-state index contributed by atoms with van der Waals surface area (Å²) in [4.78, 5) is 10.4. The molecule has 21 heavy (non-hydrogen) atoms. The average Bonchev–Trinajstić information content (AvgIpc) is 2.46. The zero-order valence-corrected chi connectivity index (χ0v) is 11.2. The summed E-state index contributed by atoms with van der Waals surface area (Å²) in [5.74, 6) is -0.453. The summed E-state index contributed by atoms with van der Waals surface area (Å²) in [6, 6.07) is 10.2. The van der Waals surface area contributed by atoms with E-state index in [2.05, 4.69) is 0 Å². The minimum atomic E-state index is -0.559. The van der Waals surface area contributed by atoms with Crippen molar-refractivity contribution in [2.75, 3.05) is 0 Å². The van der Waals surface area contributed by atoms with E-state index in [0.717, 1.165) is 5.56 Å². The van der Waals surface area contributed by atoms with E-state index in [4.69, 9.17) is 10.00 Å². The third kappa shape index (κ3) is 3.34. The molecule has 5 nitrogen and oxygen atoms in total. The Morgan fingerprint density at radius 2 is 2.10 bits per heavy atom. The first-order chi connectivity index (χ1) is 10.0. The van der Waals surface area contributed by atoms with Crippen LogP contribution in [0.3, 0.4) is 0 Å². The maximum absolute atomic E-state index is 13.6. The van der Waals surface area contributed by atoms with Crippen molar-refractivity contribution < 1.29 is 14.1 Å². The number of halogens is 1. The van der Waals surface area contributed by atoms with Gasteiger partial charge in [0.05, 0.1) is 16.6 Å². The quantitative estimate of drug-likeness (QED) is 0.636. The van der Waals surface area contributed by atoms with Crippen molar-refractivity contribution in [1.82, 2.24) is 0 Å². The van der Waals surface area contributed by atoms with E-state index < -0.39 is 10.7 Å². The summed E-state index contributed by atoms with van der Waals surface area (Å²) in [5, 5.41) is 19.7. The molecule has 0 spiro atoms. The Balaban J connectivity index is 2.26. The van der Waals surface area contributed by atoms with Crippen LogP contribution in [0.25, 0.3) is 0 Å². The van der Waals surface area contributed by atoms with Crippen LogP contribution in [0.15, 0.2) is 36.4 Å². The molecule has 0 amide bonds. The molecule has 2 aromatic rings. The molecule has 0 aliphatic heterocycles. The summed E-state index contributed by atoms with van der Waals surface area (Å²) in [7, 11) is 0. The Morgan fingerprint density at radius 1 is 1.33 bits per heavy atom. The molecule has 0 aliphatic rings. The molecule has 0 heterocycles. The van der Waals surface area contributed by atoms with Crippen LogP contribution < -0.4 is 4.74 Å². The third-order valence-electron chi connectivity index (χ3n) is 2.87. The van der Waals surface area contributed by atoms with Crippen molar-refractivity contribution in [3.8, 4) is 11.8 Å². The lowest BCUT2D eigenvalue weighted by molar-refractivity contribution is -0.386. The number of hydrogen-bond acceptors (Lipinski definition) is 4. The number of aryl methyl sites for hydroxylation is 1. The molecule has 0 aromatic heterocycles. The number of nitro groups is 1. The van der Waals surface area contributed by atoms with E-state index in [1.54, 1.807) is 13.0 Å². The highest BCUT2D eigenvalue weighted by atomic mass is 19.1. The molecule has 2 rings (SSSR count). The van der Waals surface area contributed by atoms with Gasteiger partial charge in [0.15, 0.2) is 5.75 Å². The van der Waals surface area contributed by atoms with E-state index in [1.165, 1.54) is 30.3 Å². The van der Waals surface area contributed by atoms with Crippen molar-refractivity contribution in [3.63, 3.8) is 0 Å². The Morgan fingerprint density at radius 3 is 2.76 bits per heavy atom. The minimum absolute atomic E-state index is 0.0711. The van der Waals surface area contributed by atoms with Gasteiger partial charge < -0.3 is 4.74 Å². The van der Waals surface area contributed by atoms with Crippen molar-refractivity contribution in [2.24, 2.45) is 0 Å². The number of rotatable bonds is 4. The lowest BCUT2D eigenvalue weighted by Crippen LogP contribution is -2.02. The van der Waals surface area contributed by atoms with Crippen molar-refractivity contribution in [1.29, 1.82) is 5.26 Å². The van der Waals surface area contributed by atoms with Gasteiger partial charge in [0.25, 0.3) is 0 Å². The summed E-state index contributed by atoms with van der Waals surface area (Å²) in [6.07, 6.45) is 0. The lowest BCUT2D eigenvalue weighted by Gasteiger charge is -2.08. The van der Waals surface area contributed by atoms with Gasteiger partial charge >= 0.3 is 5.69 Å². The highest BCUT2D eigenvalue weighted by Gasteiger charge is 2.15. The molecule has 0 saturated heterocycles. The Bertz CT molecular complexity index is 738. The highest BCUT2D eigenvalue weighted by Crippen LogP contribution is 2.28. The molecular weight excluding hydrogens is 275 g/mol. The van der Waals surface area contributed by atoms with Crippen LogP contribution >= 0.6 is 0 Å². The number of nitro benzene ring substituents is 1. The van der Waals surface area contributed by atoms with E-state index in [-0.39, 0.29) is 23.6 Å². The molecule has 0 unspecified atom stereocenters. The predicted molar refractivity (Wildman–Crippen MR) is 73.3 cm³/mol. The maximum Gasteiger partial charge on any atom is 0.310 e. The van der Waals surface area contributed by atoms with Gasteiger partial charge in [0.2, 0.25) is 0 Å². The van der Waals surface area contributed by atoms with Gasteiger partial charge in [-0.1, -0.05) is 6.07 Å². The van der Waals surface area contributed by atoms with Gasteiger partial charge in [-0.3, -0.25) is 10.1 Å². The van der Waals surface area contributed by atoms with Crippen LogP contribution in [0.1, 0.15) is 16.7 Å². The minimum Gasteiger partial charge on any atom is -0.482 e. The monoisotopic (exact) mass is 286 g/mol. The number of ether oxygens (including phenoxy) is 1. The van der Waals surface area contributed by atoms with Crippen molar-refractivity contribution in [2.45, 2.75) is 13.5 Å². The predicted octanol–water partition coefficient (Wildman–Crippen LogP) is 3.49. The second-order valence-electron chi connectivity index (χ2n) is 4.43. The molecule has 0 fully saturated rings. The van der Waals surface area contributed by atoms with Crippen LogP contribution in [0.5, 0.6) is 5.75 Å². The van der Waals surface area contributed by atoms with Gasteiger partial charge in [-0.15, -0.1) is 0 Å². The molecule has 0 N–H and O–H groups in total. The maximum atomic E-state index is 13.6. The Kier molecular flexibility index (Phi) is 4.14. The van der Waals surface area contributed by atoms with Gasteiger partial charge in [-0.05, 0) is 36.8 Å². The molecule has 0 bridgehead atoms. The first-order valence-electron chi connectivity index (χ1n) is 6.07. The number of nitriles is 1. The van der Waals surface area contributed by atoms with E-state index in [0.29, 0.717) is 5.56 Å². The van der Waals surface area contributed by atoms with E-state index in [9.17, 15) is 14.5 Å². The van der Waals surface area contributed by atoms with Gasteiger partial charge in [0.1, 0.15) is 12.4 Å². The van der Waals surface area contributed by atoms with Gasteiger partial charge in [-0.25, -0.2) is 4.39 Å². The van der Waals surface area contributed by atoms with Crippen molar-refractivity contribution >= 4 is 5.69 Å². The van der Waals surface area contributed by atoms with Crippen LogP contribution in [0.2, 0.25) is 0 Å². The van der Waals surface area contributed by atoms with Crippen LogP contribution in [-0.4, -0.2) is 4.92 Å².